The van der Waals surface area contributed by atoms with Gasteiger partial charge in [0.25, 0.3) is 0 Å². The zero-order chi connectivity index (χ0) is 18.8. The van der Waals surface area contributed by atoms with Gasteiger partial charge in [-0.15, -0.1) is 0 Å². The molecule has 1 amide bonds. The zero-order valence-electron chi connectivity index (χ0n) is 14.5. The fraction of sp³-hybridized carbons (Fsp3) is 0.643. The highest BCUT2D eigenvalue weighted by molar-refractivity contribution is 7.57. The average Bonchev–Trinajstić information content (AvgIpc) is 2.53. The summed E-state index contributed by atoms with van der Waals surface area (Å²) < 4.78 is 31.2. The first-order valence-electron chi connectivity index (χ1n) is 7.23. The van der Waals surface area contributed by atoms with Crippen LogP contribution in [0.5, 0.6) is 0 Å². The lowest BCUT2D eigenvalue weighted by Gasteiger charge is -2.28. The van der Waals surface area contributed by atoms with Crippen LogP contribution in [-0.2, 0) is 37.5 Å². The molecule has 9 nitrogen and oxygen atoms in total. The van der Waals surface area contributed by atoms with Gasteiger partial charge in [-0.3, -0.25) is 9.36 Å². The Balaban J connectivity index is 5.75. The molecule has 0 radical (unpaired) electrons. The maximum atomic E-state index is 12.3. The first kappa shape index (κ1) is 22.3. The predicted molar refractivity (Wildman–Crippen MR) is 85.2 cm³/mol. The summed E-state index contributed by atoms with van der Waals surface area (Å²) in [5.74, 6) is -1.51. The Morgan fingerprint density at radius 1 is 1.04 bits per heavy atom. The molecular formula is C14H24NO8P. The summed E-state index contributed by atoms with van der Waals surface area (Å²) in [6, 6.07) is 0. The normalized spacial score (nSPS) is 12.0. The van der Waals surface area contributed by atoms with Gasteiger partial charge in [0.2, 0.25) is 11.4 Å². The summed E-state index contributed by atoms with van der Waals surface area (Å²) in [5.41, 5.74) is -2.08. The van der Waals surface area contributed by atoms with Crippen LogP contribution in [0.3, 0.4) is 0 Å². The summed E-state index contributed by atoms with van der Waals surface area (Å²) in [5, 5.41) is 2.27. The van der Waals surface area contributed by atoms with Crippen LogP contribution in [0, 0.1) is 0 Å². The summed E-state index contributed by atoms with van der Waals surface area (Å²) in [4.78, 5) is 36.1. The van der Waals surface area contributed by atoms with Crippen molar-refractivity contribution in [2.45, 2.75) is 32.7 Å². The molecule has 0 spiro atoms. The second-order valence-electron chi connectivity index (χ2n) is 4.52. The second kappa shape index (κ2) is 10.2. The van der Waals surface area contributed by atoms with E-state index in [-0.39, 0.29) is 19.6 Å². The standard InChI is InChI=1S/C14H24NO8P/c1-6-22-12(17)14(15-11(3)16,13(18)23-7-2)9-8-10-24(19,20-4)21-5/h8,10H,6-7,9H2,1-5H3,(H,15,16)/b10-8-. The van der Waals surface area contributed by atoms with Crippen LogP contribution in [0.1, 0.15) is 27.2 Å². The minimum absolute atomic E-state index is 0.00206. The molecule has 24 heavy (non-hydrogen) atoms. The molecule has 0 fully saturated rings. The molecule has 0 atom stereocenters. The number of esters is 2. The van der Waals surface area contributed by atoms with E-state index in [1.807, 2.05) is 0 Å². The Kier molecular flexibility index (Phi) is 9.50. The Morgan fingerprint density at radius 2 is 1.50 bits per heavy atom. The third kappa shape index (κ3) is 6.07. The number of ether oxygens (including phenoxy) is 2. The lowest BCUT2D eigenvalue weighted by Crippen LogP contribution is -2.60. The third-order valence-corrected chi connectivity index (χ3v) is 4.45. The van der Waals surface area contributed by atoms with Crippen molar-refractivity contribution in [1.29, 1.82) is 0 Å². The van der Waals surface area contributed by atoms with Crippen LogP contribution in [0.15, 0.2) is 11.9 Å². The fourth-order valence-electron chi connectivity index (χ4n) is 1.77. The summed E-state index contributed by atoms with van der Waals surface area (Å²) in [6.07, 6.45) is 0.887. The van der Waals surface area contributed by atoms with Crippen molar-refractivity contribution < 1.29 is 37.5 Å². The molecule has 138 valence electrons. The number of carbonyl (C=O) groups excluding carboxylic acids is 3. The zero-order valence-corrected chi connectivity index (χ0v) is 15.4. The Bertz CT molecular complexity index is 505. The highest BCUT2D eigenvalue weighted by atomic mass is 31.2. The van der Waals surface area contributed by atoms with Crippen LogP contribution in [0.25, 0.3) is 0 Å². The largest absolute Gasteiger partial charge is 0.464 e. The highest BCUT2D eigenvalue weighted by Crippen LogP contribution is 2.48. The van der Waals surface area contributed by atoms with Gasteiger partial charge in [-0.25, -0.2) is 9.59 Å². The SMILES string of the molecule is CCOC(=O)C(C/C=C\P(=O)(OC)OC)(NC(C)=O)C(=O)OCC. The van der Waals surface area contributed by atoms with Crippen LogP contribution < -0.4 is 5.32 Å². The van der Waals surface area contributed by atoms with E-state index in [0.29, 0.717) is 0 Å². The van der Waals surface area contributed by atoms with Crippen molar-refractivity contribution in [2.75, 3.05) is 27.4 Å². The highest BCUT2D eigenvalue weighted by Gasteiger charge is 2.49. The average molecular weight is 365 g/mol. The van der Waals surface area contributed by atoms with Crippen LogP contribution >= 0.6 is 7.60 Å². The molecule has 0 aromatic rings. The number of carbonyl (C=O) groups is 3. The molecule has 10 heteroatoms. The van der Waals surface area contributed by atoms with Crippen molar-refractivity contribution in [3.63, 3.8) is 0 Å². The van der Waals surface area contributed by atoms with Crippen LogP contribution in [0.2, 0.25) is 0 Å². The monoisotopic (exact) mass is 365 g/mol. The molecule has 0 aromatic heterocycles. The van der Waals surface area contributed by atoms with Crippen molar-refractivity contribution in [3.05, 3.63) is 11.9 Å². The number of nitrogens with one attached hydrogen (secondary N) is 1. The Hall–Kier alpha value is -1.70. The van der Waals surface area contributed by atoms with E-state index in [2.05, 4.69) is 5.32 Å². The van der Waals surface area contributed by atoms with Crippen molar-refractivity contribution in [3.8, 4) is 0 Å². The van der Waals surface area contributed by atoms with E-state index in [1.54, 1.807) is 13.8 Å². The van der Waals surface area contributed by atoms with E-state index in [9.17, 15) is 18.9 Å². The van der Waals surface area contributed by atoms with Crippen molar-refractivity contribution in [2.24, 2.45) is 0 Å². The second-order valence-corrected chi connectivity index (χ2v) is 6.63. The molecular weight excluding hydrogens is 341 g/mol. The minimum Gasteiger partial charge on any atom is -0.464 e. The fourth-order valence-corrected chi connectivity index (χ4v) is 2.52. The molecule has 0 unspecified atom stereocenters. The first-order valence-corrected chi connectivity index (χ1v) is 8.84. The minimum atomic E-state index is -3.49. The van der Waals surface area contributed by atoms with E-state index < -0.39 is 31.0 Å². The summed E-state index contributed by atoms with van der Waals surface area (Å²) in [6.45, 7) is 4.25. The lowest BCUT2D eigenvalue weighted by molar-refractivity contribution is -0.167. The molecule has 0 rings (SSSR count). The molecule has 0 heterocycles. The Morgan fingerprint density at radius 3 is 1.83 bits per heavy atom. The van der Waals surface area contributed by atoms with Gasteiger partial charge >= 0.3 is 19.5 Å². The third-order valence-electron chi connectivity index (χ3n) is 2.86. The lowest BCUT2D eigenvalue weighted by atomic mass is 9.95. The number of hydrogen-bond acceptors (Lipinski definition) is 8. The number of hydrogen-bond donors (Lipinski definition) is 1. The molecule has 0 saturated heterocycles. The maximum absolute atomic E-state index is 12.3. The van der Waals surface area contributed by atoms with Crippen molar-refractivity contribution >= 4 is 25.4 Å². The van der Waals surface area contributed by atoms with E-state index >= 15 is 0 Å². The van der Waals surface area contributed by atoms with Gasteiger partial charge in [0.1, 0.15) is 0 Å². The van der Waals surface area contributed by atoms with Crippen LogP contribution in [-0.4, -0.2) is 50.8 Å². The van der Waals surface area contributed by atoms with Gasteiger partial charge in [-0.05, 0) is 13.8 Å². The Labute approximate surface area is 141 Å². The first-order chi connectivity index (χ1) is 11.2. The van der Waals surface area contributed by atoms with Crippen molar-refractivity contribution in [1.82, 2.24) is 5.32 Å². The molecule has 1 N–H and O–H groups in total. The van der Waals surface area contributed by atoms with Crippen LogP contribution in [0.4, 0.5) is 0 Å². The van der Waals surface area contributed by atoms with Gasteiger partial charge < -0.3 is 23.8 Å². The van der Waals surface area contributed by atoms with E-state index in [0.717, 1.165) is 12.7 Å². The maximum Gasteiger partial charge on any atom is 0.353 e. The number of amides is 1. The topological polar surface area (TPSA) is 117 Å². The van der Waals surface area contributed by atoms with Gasteiger partial charge in [0.05, 0.1) is 13.2 Å². The smallest absolute Gasteiger partial charge is 0.353 e. The van der Waals surface area contributed by atoms with Gasteiger partial charge in [-0.2, -0.15) is 0 Å². The summed E-state index contributed by atoms with van der Waals surface area (Å²) >= 11 is 0. The van der Waals surface area contributed by atoms with Gasteiger partial charge in [-0.1, -0.05) is 6.08 Å². The molecule has 0 aromatic carbocycles. The quantitative estimate of drug-likeness (QED) is 0.350. The van der Waals surface area contributed by atoms with E-state index in [4.69, 9.17) is 18.5 Å². The summed E-state index contributed by atoms with van der Waals surface area (Å²) in [7, 11) is -1.12. The molecule has 0 aliphatic heterocycles. The molecule has 0 saturated carbocycles. The van der Waals surface area contributed by atoms with Gasteiger partial charge in [0.15, 0.2) is 0 Å². The molecule has 0 bridgehead atoms. The predicted octanol–water partition coefficient (Wildman–Crippen LogP) is 1.38. The molecule has 0 aliphatic rings. The van der Waals surface area contributed by atoms with Gasteiger partial charge in [0, 0.05) is 33.4 Å². The molecule has 0 aliphatic carbocycles. The van der Waals surface area contributed by atoms with E-state index in [1.165, 1.54) is 20.3 Å². The number of rotatable bonds is 10.